The number of sulfonamides is 1. The van der Waals surface area contributed by atoms with Crippen LogP contribution in [0.25, 0.3) is 0 Å². The SMILES string of the molecule is O=S(=O)(c1ccc(Cl)s1)N(CCO)CCO. The molecule has 0 aromatic carbocycles. The highest BCUT2D eigenvalue weighted by molar-refractivity contribution is 7.91. The summed E-state index contributed by atoms with van der Waals surface area (Å²) in [5, 5.41) is 17.5. The molecule has 0 spiro atoms. The van der Waals surface area contributed by atoms with Crippen LogP contribution in [0.1, 0.15) is 0 Å². The third-order valence-corrected chi connectivity index (χ3v) is 5.44. The summed E-state index contributed by atoms with van der Waals surface area (Å²) in [6, 6.07) is 2.90. The van der Waals surface area contributed by atoms with E-state index in [-0.39, 0.29) is 30.5 Å². The molecular formula is C8H12ClNO4S2. The third-order valence-electron chi connectivity index (χ3n) is 1.84. The smallest absolute Gasteiger partial charge is 0.252 e. The molecule has 0 fully saturated rings. The number of hydrogen-bond acceptors (Lipinski definition) is 5. The second kappa shape index (κ2) is 5.95. The number of thiophene rings is 1. The molecular weight excluding hydrogens is 274 g/mol. The second-order valence-corrected chi connectivity index (χ2v) is 6.79. The van der Waals surface area contributed by atoms with E-state index in [4.69, 9.17) is 21.8 Å². The van der Waals surface area contributed by atoms with Crippen LogP contribution in [0.2, 0.25) is 4.34 Å². The maximum absolute atomic E-state index is 12.0. The molecule has 16 heavy (non-hydrogen) atoms. The summed E-state index contributed by atoms with van der Waals surface area (Å²) in [6.45, 7) is -0.673. The fourth-order valence-electron chi connectivity index (χ4n) is 1.14. The summed E-state index contributed by atoms with van der Waals surface area (Å²) in [5.41, 5.74) is 0. The lowest BCUT2D eigenvalue weighted by Crippen LogP contribution is -2.35. The molecule has 0 aliphatic rings. The van der Waals surface area contributed by atoms with Gasteiger partial charge in [0, 0.05) is 13.1 Å². The highest BCUT2D eigenvalue weighted by Gasteiger charge is 2.25. The Morgan fingerprint density at radius 1 is 1.25 bits per heavy atom. The van der Waals surface area contributed by atoms with Gasteiger partial charge in [-0.2, -0.15) is 4.31 Å². The first kappa shape index (κ1) is 13.9. The zero-order valence-corrected chi connectivity index (χ0v) is 10.7. The van der Waals surface area contributed by atoms with Gasteiger partial charge in [-0.3, -0.25) is 0 Å². The average molecular weight is 286 g/mol. The quantitative estimate of drug-likeness (QED) is 0.792. The zero-order chi connectivity index (χ0) is 12.2. The van der Waals surface area contributed by atoms with Crippen LogP contribution in [-0.4, -0.2) is 49.2 Å². The molecule has 0 aliphatic carbocycles. The van der Waals surface area contributed by atoms with Crippen molar-refractivity contribution in [2.24, 2.45) is 0 Å². The highest BCUT2D eigenvalue weighted by Crippen LogP contribution is 2.27. The standard InChI is InChI=1S/C8H12ClNO4S2/c9-7-1-2-8(15-7)16(13,14)10(3-5-11)4-6-12/h1-2,11-12H,3-6H2. The van der Waals surface area contributed by atoms with Crippen LogP contribution in [0.4, 0.5) is 0 Å². The summed E-state index contributed by atoms with van der Waals surface area (Å²) in [6.07, 6.45) is 0. The van der Waals surface area contributed by atoms with Crippen LogP contribution in [0.5, 0.6) is 0 Å². The average Bonchev–Trinajstić information content (AvgIpc) is 2.65. The van der Waals surface area contributed by atoms with Crippen molar-refractivity contribution >= 4 is 33.0 Å². The van der Waals surface area contributed by atoms with E-state index < -0.39 is 10.0 Å². The maximum Gasteiger partial charge on any atom is 0.252 e. The Balaban J connectivity index is 2.97. The molecule has 0 bridgehead atoms. The Labute approximate surface area is 103 Å². The van der Waals surface area contributed by atoms with Gasteiger partial charge in [0.1, 0.15) is 4.21 Å². The molecule has 92 valence electrons. The molecule has 5 nitrogen and oxygen atoms in total. The van der Waals surface area contributed by atoms with Gasteiger partial charge in [-0.05, 0) is 12.1 Å². The number of rotatable bonds is 6. The van der Waals surface area contributed by atoms with Gasteiger partial charge >= 0.3 is 0 Å². The first-order chi connectivity index (χ1) is 7.52. The van der Waals surface area contributed by atoms with Gasteiger partial charge in [-0.25, -0.2) is 8.42 Å². The third kappa shape index (κ3) is 3.16. The van der Waals surface area contributed by atoms with Crippen LogP contribution >= 0.6 is 22.9 Å². The van der Waals surface area contributed by atoms with Gasteiger partial charge in [0.2, 0.25) is 0 Å². The molecule has 1 aromatic heterocycles. The Kier molecular flexibility index (Phi) is 5.16. The first-order valence-electron chi connectivity index (χ1n) is 4.49. The normalized spacial score (nSPS) is 12.2. The molecule has 0 amide bonds. The van der Waals surface area contributed by atoms with Crippen molar-refractivity contribution in [1.29, 1.82) is 0 Å². The molecule has 1 aromatic rings. The maximum atomic E-state index is 12.0. The minimum Gasteiger partial charge on any atom is -0.395 e. The van der Waals surface area contributed by atoms with Crippen molar-refractivity contribution in [3.05, 3.63) is 16.5 Å². The molecule has 0 saturated heterocycles. The summed E-state index contributed by atoms with van der Waals surface area (Å²) >= 11 is 6.61. The van der Waals surface area contributed by atoms with Gasteiger partial charge in [-0.1, -0.05) is 11.6 Å². The Hall–Kier alpha value is -0.180. The zero-order valence-electron chi connectivity index (χ0n) is 8.34. The van der Waals surface area contributed by atoms with Crippen LogP contribution in [-0.2, 0) is 10.0 Å². The van der Waals surface area contributed by atoms with E-state index in [1.54, 1.807) is 0 Å². The predicted molar refractivity (Wildman–Crippen MR) is 62.3 cm³/mol. The summed E-state index contributed by atoms with van der Waals surface area (Å²) in [7, 11) is -3.66. The topological polar surface area (TPSA) is 77.8 Å². The molecule has 2 N–H and O–H groups in total. The number of nitrogens with zero attached hydrogens (tertiary/aromatic N) is 1. The molecule has 0 aliphatic heterocycles. The van der Waals surface area contributed by atoms with Crippen molar-refractivity contribution in [2.45, 2.75) is 4.21 Å². The van der Waals surface area contributed by atoms with Crippen molar-refractivity contribution in [2.75, 3.05) is 26.3 Å². The van der Waals surface area contributed by atoms with Crippen LogP contribution in [0.15, 0.2) is 16.3 Å². The predicted octanol–water partition coefficient (Wildman–Crippen LogP) is 0.377. The van der Waals surface area contributed by atoms with Crippen LogP contribution in [0.3, 0.4) is 0 Å². The Bertz CT molecular complexity index is 425. The lowest BCUT2D eigenvalue weighted by molar-refractivity contribution is 0.217. The van der Waals surface area contributed by atoms with E-state index in [9.17, 15) is 8.42 Å². The van der Waals surface area contributed by atoms with Crippen molar-refractivity contribution in [3.63, 3.8) is 0 Å². The van der Waals surface area contributed by atoms with Gasteiger partial charge in [0.25, 0.3) is 10.0 Å². The summed E-state index contributed by atoms with van der Waals surface area (Å²) in [4.78, 5) is 0. The number of hydrogen-bond donors (Lipinski definition) is 2. The molecule has 0 radical (unpaired) electrons. The van der Waals surface area contributed by atoms with E-state index in [0.717, 1.165) is 15.6 Å². The van der Waals surface area contributed by atoms with Gasteiger partial charge in [-0.15, -0.1) is 11.3 Å². The van der Waals surface area contributed by atoms with E-state index in [1.165, 1.54) is 12.1 Å². The van der Waals surface area contributed by atoms with Gasteiger partial charge < -0.3 is 10.2 Å². The largest absolute Gasteiger partial charge is 0.395 e. The molecule has 8 heteroatoms. The molecule has 0 atom stereocenters. The van der Waals surface area contributed by atoms with E-state index in [1.807, 2.05) is 0 Å². The molecule has 0 unspecified atom stereocenters. The van der Waals surface area contributed by atoms with E-state index in [0.29, 0.717) is 4.34 Å². The number of halogens is 1. The lowest BCUT2D eigenvalue weighted by Gasteiger charge is -2.18. The van der Waals surface area contributed by atoms with Crippen molar-refractivity contribution < 1.29 is 18.6 Å². The van der Waals surface area contributed by atoms with Gasteiger partial charge in [0.15, 0.2) is 0 Å². The number of aliphatic hydroxyl groups is 2. The first-order valence-corrected chi connectivity index (χ1v) is 7.13. The fourth-order valence-corrected chi connectivity index (χ4v) is 4.20. The van der Waals surface area contributed by atoms with E-state index in [2.05, 4.69) is 0 Å². The minimum atomic E-state index is -3.66. The lowest BCUT2D eigenvalue weighted by atomic mass is 10.6. The van der Waals surface area contributed by atoms with Crippen molar-refractivity contribution in [3.8, 4) is 0 Å². The number of aliphatic hydroxyl groups excluding tert-OH is 2. The summed E-state index contributed by atoms with van der Waals surface area (Å²) < 4.78 is 25.5. The monoisotopic (exact) mass is 285 g/mol. The summed E-state index contributed by atoms with van der Waals surface area (Å²) in [5.74, 6) is 0. The van der Waals surface area contributed by atoms with Crippen molar-refractivity contribution in [1.82, 2.24) is 4.31 Å². The van der Waals surface area contributed by atoms with Crippen LogP contribution < -0.4 is 0 Å². The highest BCUT2D eigenvalue weighted by atomic mass is 35.5. The second-order valence-electron chi connectivity index (χ2n) is 2.91. The van der Waals surface area contributed by atoms with Crippen LogP contribution in [0, 0.1) is 0 Å². The minimum absolute atomic E-state index is 0.0432. The Morgan fingerprint density at radius 3 is 2.19 bits per heavy atom. The molecule has 1 rings (SSSR count). The van der Waals surface area contributed by atoms with E-state index >= 15 is 0 Å². The molecule has 1 heterocycles. The van der Waals surface area contributed by atoms with Gasteiger partial charge in [0.05, 0.1) is 17.6 Å². The fraction of sp³-hybridized carbons (Fsp3) is 0.500. The molecule has 0 saturated carbocycles. The Morgan fingerprint density at radius 2 is 1.81 bits per heavy atom.